The van der Waals surface area contributed by atoms with Crippen LogP contribution in [0.15, 0.2) is 5.10 Å². The lowest BCUT2D eigenvalue weighted by molar-refractivity contribution is 0.152. The zero-order valence-electron chi connectivity index (χ0n) is 5.85. The molecule has 0 aliphatic carbocycles. The molecule has 4 nitrogen and oxygen atoms in total. The molecular formula is C5H9ClN2O2. The van der Waals surface area contributed by atoms with Crippen LogP contribution in [0.1, 0.15) is 13.8 Å². The molecule has 58 valence electrons. The van der Waals surface area contributed by atoms with Gasteiger partial charge in [0.2, 0.25) is 0 Å². The van der Waals surface area contributed by atoms with E-state index in [4.69, 9.17) is 11.6 Å². The highest BCUT2D eigenvalue weighted by molar-refractivity contribution is 6.64. The highest BCUT2D eigenvalue weighted by atomic mass is 35.5. The van der Waals surface area contributed by atoms with Crippen molar-refractivity contribution in [1.29, 1.82) is 0 Å². The molecule has 0 aromatic carbocycles. The van der Waals surface area contributed by atoms with E-state index in [1.807, 2.05) is 0 Å². The van der Waals surface area contributed by atoms with Gasteiger partial charge in [-0.2, -0.15) is 5.10 Å². The van der Waals surface area contributed by atoms with Gasteiger partial charge < -0.3 is 4.74 Å². The van der Waals surface area contributed by atoms with Crippen molar-refractivity contribution in [3.63, 3.8) is 0 Å². The molecule has 0 radical (unpaired) electrons. The van der Waals surface area contributed by atoms with Crippen LogP contribution in [0.25, 0.3) is 0 Å². The van der Waals surface area contributed by atoms with Crippen molar-refractivity contribution < 1.29 is 9.53 Å². The summed E-state index contributed by atoms with van der Waals surface area (Å²) in [7, 11) is 0. The summed E-state index contributed by atoms with van der Waals surface area (Å²) in [5, 5.41) is 3.66. The van der Waals surface area contributed by atoms with Crippen LogP contribution in [-0.4, -0.2) is 17.9 Å². The Hall–Kier alpha value is -0.770. The second-order valence-electron chi connectivity index (χ2n) is 1.44. The molecule has 0 aromatic heterocycles. The molecule has 1 N–H and O–H groups in total. The van der Waals surface area contributed by atoms with Crippen LogP contribution >= 0.6 is 11.6 Å². The van der Waals surface area contributed by atoms with Crippen LogP contribution in [0.4, 0.5) is 4.79 Å². The third kappa shape index (κ3) is 5.37. The number of ether oxygens (including phenoxy) is 1. The molecule has 0 bridgehead atoms. The van der Waals surface area contributed by atoms with Crippen molar-refractivity contribution in [2.24, 2.45) is 5.10 Å². The second kappa shape index (κ2) is 5.05. The minimum absolute atomic E-state index is 0.257. The Balaban J connectivity index is 3.49. The standard InChI is InChI=1S/C5H9ClN2O2/c1-3-10-5(9)8-7-4(2)6/h3H2,1-2H3,(H,8,9). The highest BCUT2D eigenvalue weighted by Gasteiger charge is 1.95. The number of carbonyl (C=O) groups excluding carboxylic acids is 1. The number of hydrogen-bond donors (Lipinski definition) is 1. The second-order valence-corrected chi connectivity index (χ2v) is 1.99. The number of carbonyl (C=O) groups is 1. The molecule has 0 unspecified atom stereocenters. The molecule has 1 amide bonds. The zero-order chi connectivity index (χ0) is 7.98. The Morgan fingerprint density at radius 2 is 2.40 bits per heavy atom. The molecule has 0 aliphatic heterocycles. The lowest BCUT2D eigenvalue weighted by Gasteiger charge is -1.97. The molecule has 0 saturated carbocycles. The minimum Gasteiger partial charge on any atom is -0.449 e. The van der Waals surface area contributed by atoms with E-state index in [1.54, 1.807) is 13.8 Å². The van der Waals surface area contributed by atoms with Gasteiger partial charge in [0, 0.05) is 0 Å². The Labute approximate surface area is 64.2 Å². The highest BCUT2D eigenvalue weighted by Crippen LogP contribution is 1.81. The van der Waals surface area contributed by atoms with E-state index in [-0.39, 0.29) is 5.17 Å². The first kappa shape index (κ1) is 9.23. The molecular weight excluding hydrogens is 156 g/mol. The first-order valence-electron chi connectivity index (χ1n) is 2.79. The third-order valence-electron chi connectivity index (χ3n) is 0.577. The smallest absolute Gasteiger partial charge is 0.427 e. The van der Waals surface area contributed by atoms with Gasteiger partial charge in [-0.05, 0) is 13.8 Å². The van der Waals surface area contributed by atoms with Gasteiger partial charge in [-0.1, -0.05) is 11.6 Å². The number of nitrogens with one attached hydrogen (secondary N) is 1. The SMILES string of the molecule is CCOC(=O)NN=C(C)Cl. The summed E-state index contributed by atoms with van der Waals surface area (Å²) in [6.45, 7) is 3.58. The number of hydrogen-bond acceptors (Lipinski definition) is 3. The fourth-order valence-corrected chi connectivity index (χ4v) is 0.328. The summed E-state index contributed by atoms with van der Waals surface area (Å²) < 4.78 is 4.48. The van der Waals surface area contributed by atoms with E-state index in [9.17, 15) is 4.79 Å². The molecule has 0 saturated heterocycles. The predicted octanol–water partition coefficient (Wildman–Crippen LogP) is 1.30. The normalized spacial score (nSPS) is 10.9. The Morgan fingerprint density at radius 3 is 2.80 bits per heavy atom. The maximum absolute atomic E-state index is 10.4. The van der Waals surface area contributed by atoms with Crippen molar-refractivity contribution in [3.8, 4) is 0 Å². The summed E-state index contributed by atoms with van der Waals surface area (Å²) in [6.07, 6.45) is -0.595. The fraction of sp³-hybridized carbons (Fsp3) is 0.600. The summed E-state index contributed by atoms with van der Waals surface area (Å²) >= 11 is 5.30. The Morgan fingerprint density at radius 1 is 1.80 bits per heavy atom. The molecule has 0 rings (SSSR count). The van der Waals surface area contributed by atoms with Crippen LogP contribution in [0, 0.1) is 0 Å². The van der Waals surface area contributed by atoms with E-state index in [0.717, 1.165) is 0 Å². The van der Waals surface area contributed by atoms with Crippen molar-refractivity contribution in [2.45, 2.75) is 13.8 Å². The number of amides is 1. The minimum atomic E-state index is -0.595. The van der Waals surface area contributed by atoms with Gasteiger partial charge in [-0.25, -0.2) is 10.2 Å². The molecule has 0 aliphatic rings. The average molecular weight is 165 g/mol. The maximum Gasteiger partial charge on any atom is 0.427 e. The molecule has 0 aromatic rings. The first-order chi connectivity index (χ1) is 4.66. The van der Waals surface area contributed by atoms with Gasteiger partial charge in [0.05, 0.1) is 6.61 Å². The van der Waals surface area contributed by atoms with Crippen molar-refractivity contribution in [3.05, 3.63) is 0 Å². The van der Waals surface area contributed by atoms with Crippen molar-refractivity contribution in [2.75, 3.05) is 6.61 Å². The van der Waals surface area contributed by atoms with E-state index in [1.165, 1.54) is 0 Å². The predicted molar refractivity (Wildman–Crippen MR) is 39.1 cm³/mol. The van der Waals surface area contributed by atoms with Gasteiger partial charge in [0.1, 0.15) is 5.17 Å². The number of rotatable bonds is 2. The lowest BCUT2D eigenvalue weighted by Crippen LogP contribution is -2.19. The van der Waals surface area contributed by atoms with Crippen molar-refractivity contribution in [1.82, 2.24) is 5.43 Å². The van der Waals surface area contributed by atoms with Gasteiger partial charge in [-0.3, -0.25) is 0 Å². The number of hydrazone groups is 1. The van der Waals surface area contributed by atoms with E-state index < -0.39 is 6.09 Å². The monoisotopic (exact) mass is 164 g/mol. The van der Waals surface area contributed by atoms with Crippen LogP contribution < -0.4 is 5.43 Å². The van der Waals surface area contributed by atoms with Crippen LogP contribution in [0.3, 0.4) is 0 Å². The molecule has 0 fully saturated rings. The van der Waals surface area contributed by atoms with E-state index in [2.05, 4.69) is 15.3 Å². The van der Waals surface area contributed by atoms with Gasteiger partial charge in [0.25, 0.3) is 0 Å². The summed E-state index contributed by atoms with van der Waals surface area (Å²) in [5.74, 6) is 0. The van der Waals surface area contributed by atoms with E-state index in [0.29, 0.717) is 6.61 Å². The van der Waals surface area contributed by atoms with Crippen molar-refractivity contribution >= 4 is 22.9 Å². The Kier molecular flexibility index (Phi) is 4.66. The summed E-state index contributed by atoms with van der Waals surface area (Å²) in [5.41, 5.74) is 2.08. The summed E-state index contributed by atoms with van der Waals surface area (Å²) in [6, 6.07) is 0. The van der Waals surface area contributed by atoms with Crippen LogP contribution in [0.5, 0.6) is 0 Å². The van der Waals surface area contributed by atoms with Gasteiger partial charge in [-0.15, -0.1) is 0 Å². The largest absolute Gasteiger partial charge is 0.449 e. The van der Waals surface area contributed by atoms with Crippen LogP contribution in [-0.2, 0) is 4.74 Å². The molecule has 0 spiro atoms. The fourth-order valence-electron chi connectivity index (χ4n) is 0.286. The topological polar surface area (TPSA) is 50.7 Å². The third-order valence-corrected chi connectivity index (χ3v) is 0.661. The molecule has 5 heteroatoms. The molecule has 10 heavy (non-hydrogen) atoms. The average Bonchev–Trinajstić information content (AvgIpc) is 1.85. The quantitative estimate of drug-likeness (QED) is 0.494. The molecule has 0 atom stereocenters. The first-order valence-corrected chi connectivity index (χ1v) is 3.17. The van der Waals surface area contributed by atoms with Gasteiger partial charge >= 0.3 is 6.09 Å². The lowest BCUT2D eigenvalue weighted by atomic mass is 10.9. The zero-order valence-corrected chi connectivity index (χ0v) is 6.60. The van der Waals surface area contributed by atoms with E-state index >= 15 is 0 Å². The number of halogens is 1. The molecule has 0 heterocycles. The van der Waals surface area contributed by atoms with Crippen LogP contribution in [0.2, 0.25) is 0 Å². The Bertz CT molecular complexity index is 143. The van der Waals surface area contributed by atoms with Gasteiger partial charge in [0.15, 0.2) is 0 Å². The number of nitrogens with zero attached hydrogens (tertiary/aromatic N) is 1. The maximum atomic E-state index is 10.4. The summed E-state index contributed by atoms with van der Waals surface area (Å²) in [4.78, 5) is 10.4.